The summed E-state index contributed by atoms with van der Waals surface area (Å²) in [6.45, 7) is 4.59. The molecule has 1 aromatic rings. The van der Waals surface area contributed by atoms with Crippen molar-refractivity contribution in [3.63, 3.8) is 0 Å². The van der Waals surface area contributed by atoms with Gasteiger partial charge >= 0.3 is 5.97 Å². The largest absolute Gasteiger partial charge is 0.481 e. The van der Waals surface area contributed by atoms with Gasteiger partial charge in [0.2, 0.25) is 0 Å². The Kier molecular flexibility index (Phi) is 3.94. The molecule has 1 heterocycles. The summed E-state index contributed by atoms with van der Waals surface area (Å²) in [4.78, 5) is 25.1. The van der Waals surface area contributed by atoms with Crippen LogP contribution in [-0.2, 0) is 4.79 Å². The Morgan fingerprint density at radius 3 is 2.53 bits per heavy atom. The molecule has 0 aromatic heterocycles. The van der Waals surface area contributed by atoms with Gasteiger partial charge in [-0.2, -0.15) is 0 Å². The highest BCUT2D eigenvalue weighted by molar-refractivity contribution is 9.10. The number of halogens is 1. The fourth-order valence-corrected chi connectivity index (χ4v) is 3.10. The molecule has 4 nitrogen and oxygen atoms in total. The normalized spacial score (nSPS) is 22.6. The standard InChI is InChI=1S/C14H16BrNO3/c1-8-3-10(5-11(15)4-8)13(17)16-6-9(2)12(7-16)14(18)19/h3-5,9,12H,6-7H2,1-2H3,(H,18,19). The van der Waals surface area contributed by atoms with Crippen molar-refractivity contribution in [2.75, 3.05) is 13.1 Å². The first-order chi connectivity index (χ1) is 8.88. The Morgan fingerprint density at radius 2 is 2.00 bits per heavy atom. The third-order valence-corrected chi connectivity index (χ3v) is 3.96. The van der Waals surface area contributed by atoms with Gasteiger partial charge in [-0.25, -0.2) is 0 Å². The average molecular weight is 326 g/mol. The summed E-state index contributed by atoms with van der Waals surface area (Å²) < 4.78 is 0.859. The van der Waals surface area contributed by atoms with E-state index in [2.05, 4.69) is 15.9 Å². The van der Waals surface area contributed by atoms with Crippen LogP contribution in [0.15, 0.2) is 22.7 Å². The summed E-state index contributed by atoms with van der Waals surface area (Å²) in [6, 6.07) is 5.53. The predicted molar refractivity (Wildman–Crippen MR) is 75.1 cm³/mol. The first-order valence-corrected chi connectivity index (χ1v) is 6.97. The van der Waals surface area contributed by atoms with Crippen molar-refractivity contribution < 1.29 is 14.7 Å². The van der Waals surface area contributed by atoms with Crippen LogP contribution in [0.2, 0.25) is 0 Å². The maximum absolute atomic E-state index is 12.4. The minimum absolute atomic E-state index is 0.00491. The summed E-state index contributed by atoms with van der Waals surface area (Å²) >= 11 is 3.37. The molecule has 102 valence electrons. The molecule has 1 amide bonds. The van der Waals surface area contributed by atoms with E-state index in [0.29, 0.717) is 18.7 Å². The summed E-state index contributed by atoms with van der Waals surface area (Å²) in [7, 11) is 0. The van der Waals surface area contributed by atoms with Crippen molar-refractivity contribution in [1.82, 2.24) is 4.90 Å². The molecule has 1 aliphatic rings. The van der Waals surface area contributed by atoms with Crippen molar-refractivity contribution in [3.05, 3.63) is 33.8 Å². The van der Waals surface area contributed by atoms with Crippen LogP contribution in [0, 0.1) is 18.8 Å². The van der Waals surface area contributed by atoms with Crippen LogP contribution < -0.4 is 0 Å². The zero-order chi connectivity index (χ0) is 14.2. The van der Waals surface area contributed by atoms with Crippen molar-refractivity contribution in [2.45, 2.75) is 13.8 Å². The number of nitrogens with zero attached hydrogens (tertiary/aromatic N) is 1. The van der Waals surface area contributed by atoms with E-state index in [4.69, 9.17) is 5.11 Å². The first kappa shape index (κ1) is 14.1. The Labute approximate surface area is 120 Å². The SMILES string of the molecule is Cc1cc(Br)cc(C(=O)N2CC(C)C(C(=O)O)C2)c1. The number of benzene rings is 1. The van der Waals surface area contributed by atoms with Gasteiger partial charge in [-0.15, -0.1) is 0 Å². The molecule has 0 spiro atoms. The van der Waals surface area contributed by atoms with E-state index in [0.717, 1.165) is 10.0 Å². The van der Waals surface area contributed by atoms with Crippen molar-refractivity contribution in [1.29, 1.82) is 0 Å². The van der Waals surface area contributed by atoms with Crippen LogP contribution >= 0.6 is 15.9 Å². The van der Waals surface area contributed by atoms with Gasteiger partial charge in [0, 0.05) is 23.1 Å². The lowest BCUT2D eigenvalue weighted by Crippen LogP contribution is -2.30. The van der Waals surface area contributed by atoms with Gasteiger partial charge in [0.05, 0.1) is 5.92 Å². The number of rotatable bonds is 2. The van der Waals surface area contributed by atoms with Crippen molar-refractivity contribution >= 4 is 27.8 Å². The van der Waals surface area contributed by atoms with Crippen LogP contribution in [0.25, 0.3) is 0 Å². The molecule has 1 N–H and O–H groups in total. The Hall–Kier alpha value is -1.36. The van der Waals surface area contributed by atoms with Gasteiger partial charge in [0.25, 0.3) is 5.91 Å². The van der Waals surface area contributed by atoms with E-state index in [9.17, 15) is 9.59 Å². The summed E-state index contributed by atoms with van der Waals surface area (Å²) in [5.41, 5.74) is 1.60. The predicted octanol–water partition coefficient (Wildman–Crippen LogP) is 2.55. The average Bonchev–Trinajstić information content (AvgIpc) is 2.69. The first-order valence-electron chi connectivity index (χ1n) is 6.17. The lowest BCUT2D eigenvalue weighted by molar-refractivity contribution is -0.142. The summed E-state index contributed by atoms with van der Waals surface area (Å²) in [6.07, 6.45) is 0. The van der Waals surface area contributed by atoms with Gasteiger partial charge < -0.3 is 10.0 Å². The number of aryl methyl sites for hydroxylation is 1. The number of carbonyl (C=O) groups excluding carboxylic acids is 1. The minimum Gasteiger partial charge on any atom is -0.481 e. The molecule has 19 heavy (non-hydrogen) atoms. The number of hydrogen-bond donors (Lipinski definition) is 1. The van der Waals surface area contributed by atoms with Gasteiger partial charge in [-0.3, -0.25) is 9.59 Å². The lowest BCUT2D eigenvalue weighted by atomic mass is 9.99. The maximum Gasteiger partial charge on any atom is 0.308 e. The van der Waals surface area contributed by atoms with Crippen molar-refractivity contribution in [3.8, 4) is 0 Å². The highest BCUT2D eigenvalue weighted by Gasteiger charge is 2.37. The highest BCUT2D eigenvalue weighted by Crippen LogP contribution is 2.25. The van der Waals surface area contributed by atoms with E-state index in [1.165, 1.54) is 0 Å². The van der Waals surface area contributed by atoms with Gasteiger partial charge in [-0.1, -0.05) is 22.9 Å². The van der Waals surface area contributed by atoms with E-state index >= 15 is 0 Å². The molecule has 2 rings (SSSR count). The Bertz CT molecular complexity index is 509. The highest BCUT2D eigenvalue weighted by atomic mass is 79.9. The molecule has 1 fully saturated rings. The molecule has 0 aliphatic carbocycles. The zero-order valence-electron chi connectivity index (χ0n) is 10.9. The van der Waals surface area contributed by atoms with E-state index in [-0.39, 0.29) is 11.8 Å². The van der Waals surface area contributed by atoms with Crippen LogP contribution in [-0.4, -0.2) is 35.0 Å². The summed E-state index contributed by atoms with van der Waals surface area (Å²) in [5.74, 6) is -1.39. The van der Waals surface area contributed by atoms with Gasteiger partial charge in [0.1, 0.15) is 0 Å². The molecule has 1 aliphatic heterocycles. The number of aliphatic carboxylic acids is 1. The van der Waals surface area contributed by atoms with Crippen LogP contribution in [0.3, 0.4) is 0 Å². The molecule has 2 atom stereocenters. The lowest BCUT2D eigenvalue weighted by Gasteiger charge is -2.16. The molecule has 0 radical (unpaired) electrons. The number of likely N-dealkylation sites (tertiary alicyclic amines) is 1. The van der Waals surface area contributed by atoms with E-state index in [1.807, 2.05) is 26.0 Å². The topological polar surface area (TPSA) is 57.6 Å². The minimum atomic E-state index is -0.826. The summed E-state index contributed by atoms with van der Waals surface area (Å²) in [5, 5.41) is 9.10. The monoisotopic (exact) mass is 325 g/mol. The second kappa shape index (κ2) is 5.33. The number of carboxylic acid groups (broad SMARTS) is 1. The zero-order valence-corrected chi connectivity index (χ0v) is 12.5. The molecule has 2 unspecified atom stereocenters. The van der Waals surface area contributed by atoms with Crippen LogP contribution in [0.5, 0.6) is 0 Å². The number of carboxylic acids is 1. The van der Waals surface area contributed by atoms with Crippen LogP contribution in [0.4, 0.5) is 0 Å². The molecule has 0 bridgehead atoms. The fraction of sp³-hybridized carbons (Fsp3) is 0.429. The second-order valence-electron chi connectivity index (χ2n) is 5.15. The van der Waals surface area contributed by atoms with Crippen molar-refractivity contribution in [2.24, 2.45) is 11.8 Å². The smallest absolute Gasteiger partial charge is 0.308 e. The molecule has 5 heteroatoms. The third kappa shape index (κ3) is 2.97. The van der Waals surface area contributed by atoms with Gasteiger partial charge in [0.15, 0.2) is 0 Å². The van der Waals surface area contributed by atoms with E-state index in [1.54, 1.807) is 11.0 Å². The van der Waals surface area contributed by atoms with Gasteiger partial charge in [-0.05, 0) is 36.6 Å². The number of carbonyl (C=O) groups is 2. The molecule has 0 saturated carbocycles. The molecular formula is C14H16BrNO3. The van der Waals surface area contributed by atoms with Crippen LogP contribution in [0.1, 0.15) is 22.8 Å². The molecular weight excluding hydrogens is 310 g/mol. The number of hydrogen-bond acceptors (Lipinski definition) is 2. The van der Waals surface area contributed by atoms with E-state index < -0.39 is 11.9 Å². The Morgan fingerprint density at radius 1 is 1.32 bits per heavy atom. The fourth-order valence-electron chi connectivity index (χ4n) is 2.50. The molecule has 1 aromatic carbocycles. The second-order valence-corrected chi connectivity index (χ2v) is 6.07. The Balaban J connectivity index is 2.19. The maximum atomic E-state index is 12.4. The number of amides is 1. The quantitative estimate of drug-likeness (QED) is 0.909. The molecule has 1 saturated heterocycles. The third-order valence-electron chi connectivity index (χ3n) is 3.51.